The first kappa shape index (κ1) is 71.9. The van der Waals surface area contributed by atoms with E-state index in [0.29, 0.717) is 32.1 Å². The molecular formula is C61H100O30. The predicted molar refractivity (Wildman–Crippen MR) is 303 cm³/mol. The molecule has 0 aromatic rings. The first-order valence-electron chi connectivity index (χ1n) is 31.8. The Labute approximate surface area is 527 Å². The van der Waals surface area contributed by atoms with Gasteiger partial charge in [-0.1, -0.05) is 60.1 Å². The molecule has 30 heteroatoms. The maximum atomic E-state index is 12.8. The number of hydrogen-bond donors (Lipinski definition) is 18. The third-order valence-corrected chi connectivity index (χ3v) is 24.2. The number of hydrogen-bond acceptors (Lipinski definition) is 30. The van der Waals surface area contributed by atoms with Crippen LogP contribution in [0.25, 0.3) is 0 Å². The van der Waals surface area contributed by atoms with Gasteiger partial charge < -0.3 is 144 Å². The van der Waals surface area contributed by atoms with E-state index in [1.807, 2.05) is 13.8 Å². The van der Waals surface area contributed by atoms with Crippen LogP contribution in [0.2, 0.25) is 0 Å². The highest BCUT2D eigenvalue weighted by atomic mass is 16.8. The number of aliphatic hydroxyl groups is 18. The molecule has 0 aromatic carbocycles. The Balaban J connectivity index is 0.912. The van der Waals surface area contributed by atoms with Crippen LogP contribution in [-0.4, -0.2) is 296 Å². The molecule has 0 amide bonds. The summed E-state index contributed by atoms with van der Waals surface area (Å²) in [5.74, 6) is -6.38. The van der Waals surface area contributed by atoms with E-state index in [4.69, 9.17) is 52.1 Å². The van der Waals surface area contributed by atoms with Crippen molar-refractivity contribution >= 4 is 6.47 Å². The maximum absolute atomic E-state index is 12.8. The average Bonchev–Trinajstić information content (AvgIpc) is 0.880. The summed E-state index contributed by atoms with van der Waals surface area (Å²) >= 11 is 0. The van der Waals surface area contributed by atoms with Gasteiger partial charge in [0, 0.05) is 5.41 Å². The van der Waals surface area contributed by atoms with Gasteiger partial charge in [0.25, 0.3) is 6.47 Å². The van der Waals surface area contributed by atoms with Crippen molar-refractivity contribution in [3.05, 3.63) is 11.6 Å². The van der Waals surface area contributed by atoms with Crippen LogP contribution >= 0.6 is 0 Å². The minimum absolute atomic E-state index is 0.0153. The van der Waals surface area contributed by atoms with Crippen LogP contribution in [-0.2, 0) is 56.9 Å². The fourth-order valence-electron chi connectivity index (χ4n) is 18.3. The molecule has 30 nitrogen and oxygen atoms in total. The van der Waals surface area contributed by atoms with Gasteiger partial charge in [0.05, 0.1) is 57.5 Å². The Morgan fingerprint density at radius 2 is 1.23 bits per heavy atom. The van der Waals surface area contributed by atoms with E-state index in [0.717, 1.165) is 18.4 Å². The molecule has 0 spiro atoms. The number of carbonyl (C=O) groups is 1. The summed E-state index contributed by atoms with van der Waals surface area (Å²) in [4.78, 5) is 11.7. The van der Waals surface area contributed by atoms with Crippen molar-refractivity contribution in [3.8, 4) is 0 Å². The van der Waals surface area contributed by atoms with Gasteiger partial charge in [0.2, 0.25) is 11.6 Å². The van der Waals surface area contributed by atoms with Crippen LogP contribution in [0.15, 0.2) is 11.6 Å². The van der Waals surface area contributed by atoms with E-state index in [-0.39, 0.29) is 35.6 Å². The Bertz CT molecular complexity index is 2580. The van der Waals surface area contributed by atoms with Gasteiger partial charge in [0.1, 0.15) is 85.0 Å². The largest absolute Gasteiger partial charge is 0.459 e. The molecule has 91 heavy (non-hydrogen) atoms. The second-order valence-corrected chi connectivity index (χ2v) is 30.2. The number of allylic oxidation sites excluding steroid dienone is 2. The van der Waals surface area contributed by atoms with E-state index in [2.05, 4.69) is 40.7 Å². The minimum Gasteiger partial charge on any atom is -0.459 e. The number of aliphatic hydroxyl groups excluding tert-OH is 15. The van der Waals surface area contributed by atoms with Gasteiger partial charge in [-0.25, -0.2) is 0 Å². The summed E-state index contributed by atoms with van der Waals surface area (Å²) < 4.78 is 65.1. The van der Waals surface area contributed by atoms with Gasteiger partial charge in [0.15, 0.2) is 43.7 Å². The SMILES string of the molecule is CC1O[C@@H](OC2[C@H](OC[C@@]34CC[C@]5(C)C(=CCC6[C@@]7(C)CC[C@H](O[C@@H]8OC(CO[C@@H]9O[C@](O)(CO)C(O)C9O)[C@@H](O)C(OC=O)C8O)C(C)(C)C7CC[C@]65C)C3CC(C)(C)[C@@H](O)[C@@H]4O)OC(C)(COC3OC(CO)[C@@H](O)C(O)C3O)[C@@H](O)C2(O)O)C(O)C(O)[C@H]1O. The monoisotopic (exact) mass is 1310 g/mol. The van der Waals surface area contributed by atoms with E-state index >= 15 is 0 Å². The van der Waals surface area contributed by atoms with Crippen LogP contribution in [0.5, 0.6) is 0 Å². The Kier molecular flexibility index (Phi) is 20.1. The molecule has 5 saturated heterocycles. The molecule has 0 aromatic heterocycles. The fourth-order valence-corrected chi connectivity index (χ4v) is 18.3. The average molecular weight is 1310 g/mol. The number of carbonyl (C=O) groups excluding carboxylic acids is 1. The Hall–Kier alpha value is -1.91. The third-order valence-electron chi connectivity index (χ3n) is 24.2. The maximum Gasteiger partial charge on any atom is 0.293 e. The first-order chi connectivity index (χ1) is 42.3. The number of rotatable bonds is 17. The molecule has 4 saturated carbocycles. The van der Waals surface area contributed by atoms with Crippen LogP contribution in [0.4, 0.5) is 0 Å². The molecule has 9 fully saturated rings. The molecule has 10 aliphatic rings. The van der Waals surface area contributed by atoms with Crippen molar-refractivity contribution in [1.29, 1.82) is 0 Å². The molecule has 5 aliphatic heterocycles. The molecular weight excluding hydrogens is 1210 g/mol. The summed E-state index contributed by atoms with van der Waals surface area (Å²) in [7, 11) is 0. The molecule has 0 radical (unpaired) electrons. The van der Waals surface area contributed by atoms with Gasteiger partial charge in [-0.15, -0.1) is 0 Å². The van der Waals surface area contributed by atoms with Crippen molar-refractivity contribution in [3.63, 3.8) is 0 Å². The highest BCUT2D eigenvalue weighted by Crippen LogP contribution is 2.76. The quantitative estimate of drug-likeness (QED) is 0.0281. The molecule has 17 unspecified atom stereocenters. The highest BCUT2D eigenvalue weighted by molar-refractivity contribution is 5.38. The summed E-state index contributed by atoms with van der Waals surface area (Å²) in [6.07, 6.45) is -33.9. The van der Waals surface area contributed by atoms with E-state index in [1.165, 1.54) is 13.8 Å². The normalized spacial score (nSPS) is 54.3. The van der Waals surface area contributed by atoms with Crippen molar-refractivity contribution in [2.45, 2.75) is 278 Å². The topological polar surface area (TPSA) is 483 Å². The molecule has 0 bridgehead atoms. The van der Waals surface area contributed by atoms with Crippen molar-refractivity contribution in [2.24, 2.45) is 50.2 Å². The summed E-state index contributed by atoms with van der Waals surface area (Å²) in [6, 6.07) is 0. The molecule has 5 aliphatic carbocycles. The van der Waals surface area contributed by atoms with Crippen molar-refractivity contribution in [1.82, 2.24) is 0 Å². The van der Waals surface area contributed by atoms with Gasteiger partial charge >= 0.3 is 0 Å². The fraction of sp³-hybridized carbons (Fsp3) is 0.951. The van der Waals surface area contributed by atoms with Crippen LogP contribution < -0.4 is 0 Å². The molecule has 18 N–H and O–H groups in total. The molecule has 33 atom stereocenters. The second kappa shape index (κ2) is 25.4. The van der Waals surface area contributed by atoms with E-state index in [1.54, 1.807) is 0 Å². The van der Waals surface area contributed by atoms with E-state index < -0.39 is 225 Å². The Morgan fingerprint density at radius 1 is 0.593 bits per heavy atom. The second-order valence-electron chi connectivity index (χ2n) is 30.2. The third kappa shape index (κ3) is 11.6. The predicted octanol–water partition coefficient (Wildman–Crippen LogP) is -4.92. The summed E-state index contributed by atoms with van der Waals surface area (Å²) in [6.45, 7) is 13.7. The van der Waals surface area contributed by atoms with Gasteiger partial charge in [-0.3, -0.25) is 4.79 Å². The summed E-state index contributed by atoms with van der Waals surface area (Å²) in [5, 5.41) is 199. The minimum atomic E-state index is -3.42. The highest BCUT2D eigenvalue weighted by Gasteiger charge is 2.72. The lowest BCUT2D eigenvalue weighted by molar-refractivity contribution is -0.445. The smallest absolute Gasteiger partial charge is 0.293 e. The van der Waals surface area contributed by atoms with Crippen LogP contribution in [0.1, 0.15) is 114 Å². The zero-order chi connectivity index (χ0) is 67.1. The molecule has 5 heterocycles. The van der Waals surface area contributed by atoms with Gasteiger partial charge in [-0.05, 0) is 110 Å². The van der Waals surface area contributed by atoms with Crippen molar-refractivity contribution in [2.75, 3.05) is 33.0 Å². The van der Waals surface area contributed by atoms with Crippen molar-refractivity contribution < 1.29 is 149 Å². The summed E-state index contributed by atoms with van der Waals surface area (Å²) in [5.41, 5.74) is -5.27. The van der Waals surface area contributed by atoms with Crippen LogP contribution in [0, 0.1) is 50.2 Å². The standard InChI is InChI=1S/C61H100O30/c1-25-33(65)36(68)39(71)49(85-25)89-46-51(90-58(9,52(77)61(46,79)80)22-82-47-38(70)37(69)34(66)28(19-62)86-47)83-23-59-17-16-56(7)26(27(59)18-53(2,3)44(75)45(59)76)10-11-31-55(6)14-13-32(54(4,5)30(55)12-15-57(31,56)8)88-50-40(72)42(84-24-64)35(67)29(87-50)20-81-48-41(73)43(74)60(78,21-63)91-48/h10,24-25,27-52,62-63,65-80H,11-23H2,1-9H3/t25?,27?,28?,29?,30?,31?,32-,33-,34+,35+,36?,37?,38?,39?,40?,41?,42?,43?,44-,45-,46?,47?,48+,49-,50-,51+,52+,55-,56+,57+,58?,59-,60+/m0/s1. The number of ether oxygens (including phenoxy) is 11. The lowest BCUT2D eigenvalue weighted by atomic mass is 9.33. The first-order valence-corrected chi connectivity index (χ1v) is 31.8. The lowest BCUT2D eigenvalue weighted by Crippen LogP contribution is -2.74. The Morgan fingerprint density at radius 3 is 1.88 bits per heavy atom. The number of fused-ring (bicyclic) bond motifs is 7. The zero-order valence-electron chi connectivity index (χ0n) is 52.9. The van der Waals surface area contributed by atoms with E-state index in [9.17, 15) is 96.7 Å². The van der Waals surface area contributed by atoms with Gasteiger partial charge in [-0.2, -0.15) is 0 Å². The lowest BCUT2D eigenvalue weighted by Gasteiger charge is -2.72. The zero-order valence-corrected chi connectivity index (χ0v) is 52.9. The molecule has 524 valence electrons. The molecule has 10 rings (SSSR count). The van der Waals surface area contributed by atoms with Crippen LogP contribution in [0.3, 0.4) is 0 Å².